The smallest absolute Gasteiger partial charge is 0.259 e. The topological polar surface area (TPSA) is 78.9 Å². The van der Waals surface area contributed by atoms with Crippen LogP contribution in [-0.2, 0) is 0 Å². The zero-order chi connectivity index (χ0) is 19.8. The maximum Gasteiger partial charge on any atom is 0.259 e. The molecule has 0 bridgehead atoms. The van der Waals surface area contributed by atoms with Gasteiger partial charge in [0.1, 0.15) is 10.8 Å². The number of thioether (sulfide) groups is 1. The average molecular weight is 388 g/mol. The number of allylic oxidation sites excluding steroid dienone is 2. The fraction of sp³-hybridized carbons (Fsp3) is 0.550. The second-order valence-electron chi connectivity index (χ2n) is 8.48. The van der Waals surface area contributed by atoms with E-state index in [0.29, 0.717) is 24.1 Å². The Bertz CT molecular complexity index is 869. The Balaban J connectivity index is 2.16. The number of nitrogens with zero attached hydrogens (tertiary/aromatic N) is 4. The number of hydrogen-bond donors (Lipinski definition) is 1. The molecular formula is C20H29N5OS. The molecule has 2 aromatic heterocycles. The zero-order valence-corrected chi connectivity index (χ0v) is 17.9. The minimum atomic E-state index is 0.115. The first-order valence-corrected chi connectivity index (χ1v) is 10.5. The van der Waals surface area contributed by atoms with Crippen molar-refractivity contribution in [1.82, 2.24) is 19.7 Å². The lowest BCUT2D eigenvalue weighted by Gasteiger charge is -2.39. The van der Waals surface area contributed by atoms with Crippen molar-refractivity contribution < 1.29 is 4.74 Å². The summed E-state index contributed by atoms with van der Waals surface area (Å²) in [6.45, 7) is 11.6. The first kappa shape index (κ1) is 19.7. The van der Waals surface area contributed by atoms with Gasteiger partial charge in [-0.1, -0.05) is 33.8 Å². The van der Waals surface area contributed by atoms with Crippen molar-refractivity contribution in [1.29, 1.82) is 0 Å². The molecule has 146 valence electrons. The maximum absolute atomic E-state index is 6.61. The normalized spacial score (nSPS) is 18.2. The summed E-state index contributed by atoms with van der Waals surface area (Å²) < 4.78 is 7.29. The van der Waals surface area contributed by atoms with Gasteiger partial charge in [-0.3, -0.25) is 0 Å². The molecule has 0 aliphatic heterocycles. The Morgan fingerprint density at radius 1 is 1.22 bits per heavy atom. The lowest BCUT2D eigenvalue weighted by Crippen LogP contribution is -2.27. The predicted molar refractivity (Wildman–Crippen MR) is 111 cm³/mol. The highest BCUT2D eigenvalue weighted by Crippen LogP contribution is 2.49. The molecule has 1 aliphatic carbocycles. The van der Waals surface area contributed by atoms with Gasteiger partial charge in [0.2, 0.25) is 5.82 Å². The highest BCUT2D eigenvalue weighted by Gasteiger charge is 2.36. The lowest BCUT2D eigenvalue weighted by molar-refractivity contribution is 0.228. The Morgan fingerprint density at radius 2 is 1.93 bits per heavy atom. The van der Waals surface area contributed by atoms with E-state index in [4.69, 9.17) is 15.6 Å². The number of nitrogens with two attached hydrogens (primary N) is 1. The van der Waals surface area contributed by atoms with Crippen molar-refractivity contribution in [2.24, 2.45) is 10.8 Å². The lowest BCUT2D eigenvalue weighted by atomic mass is 9.66. The summed E-state index contributed by atoms with van der Waals surface area (Å²) in [5, 5.41) is 5.65. The molecule has 0 spiro atoms. The van der Waals surface area contributed by atoms with Crippen LogP contribution in [0.1, 0.15) is 53.0 Å². The molecular weight excluding hydrogens is 358 g/mol. The van der Waals surface area contributed by atoms with Gasteiger partial charge in [0.05, 0.1) is 12.2 Å². The molecule has 3 rings (SSSR count). The Morgan fingerprint density at radius 3 is 2.56 bits per heavy atom. The number of anilines is 1. The third-order valence-electron chi connectivity index (χ3n) is 4.70. The van der Waals surface area contributed by atoms with Gasteiger partial charge >= 0.3 is 0 Å². The van der Waals surface area contributed by atoms with Gasteiger partial charge in [0.15, 0.2) is 0 Å². The largest absolute Gasteiger partial charge is 0.475 e. The summed E-state index contributed by atoms with van der Waals surface area (Å²) >= 11 is 1.60. The van der Waals surface area contributed by atoms with Crippen LogP contribution in [0.2, 0.25) is 0 Å². The molecule has 2 N–H and O–H groups in total. The fourth-order valence-electron chi connectivity index (χ4n) is 4.26. The molecule has 0 unspecified atom stereocenters. The summed E-state index contributed by atoms with van der Waals surface area (Å²) in [6.07, 6.45) is 9.73. The van der Waals surface area contributed by atoms with Crippen LogP contribution in [0.4, 0.5) is 5.82 Å². The van der Waals surface area contributed by atoms with E-state index < -0.39 is 0 Å². The molecule has 1 aliphatic rings. The van der Waals surface area contributed by atoms with Crippen LogP contribution in [0, 0.1) is 10.8 Å². The first-order chi connectivity index (χ1) is 12.7. The number of aromatic nitrogens is 4. The molecule has 0 radical (unpaired) electrons. The summed E-state index contributed by atoms with van der Waals surface area (Å²) in [5.74, 6) is 1.54. The highest BCUT2D eigenvalue weighted by atomic mass is 32.2. The zero-order valence-electron chi connectivity index (χ0n) is 17.0. The van der Waals surface area contributed by atoms with Gasteiger partial charge in [-0.25, -0.2) is 9.97 Å². The highest BCUT2D eigenvalue weighted by molar-refractivity contribution is 7.98. The van der Waals surface area contributed by atoms with Crippen molar-refractivity contribution in [3.63, 3.8) is 0 Å². The van der Waals surface area contributed by atoms with E-state index in [1.807, 2.05) is 13.2 Å². The summed E-state index contributed by atoms with van der Waals surface area (Å²) in [7, 11) is 0. The minimum Gasteiger partial charge on any atom is -0.475 e. The quantitative estimate of drug-likeness (QED) is 0.756. The molecule has 2 aromatic rings. The van der Waals surface area contributed by atoms with Crippen LogP contribution < -0.4 is 10.5 Å². The average Bonchev–Trinajstić information content (AvgIpc) is 2.89. The molecule has 0 atom stereocenters. The molecule has 27 heavy (non-hydrogen) atoms. The van der Waals surface area contributed by atoms with Gasteiger partial charge < -0.3 is 10.5 Å². The summed E-state index contributed by atoms with van der Waals surface area (Å²) in [6, 6.07) is 0. The fourth-order valence-corrected chi connectivity index (χ4v) is 4.87. The molecule has 0 saturated heterocycles. The van der Waals surface area contributed by atoms with Gasteiger partial charge in [0.25, 0.3) is 5.88 Å². The van der Waals surface area contributed by atoms with E-state index in [2.05, 4.69) is 43.7 Å². The van der Waals surface area contributed by atoms with E-state index in [9.17, 15) is 0 Å². The van der Waals surface area contributed by atoms with E-state index in [-0.39, 0.29) is 10.8 Å². The van der Waals surface area contributed by atoms with Crippen LogP contribution in [0.3, 0.4) is 0 Å². The Kier molecular flexibility index (Phi) is 5.25. The standard InChI is InChI=1S/C20H29N5OS/c1-7-26-17-16(22-8-9-23-17)25-15(21)14(18(24-25)27-6)13-10-19(2,3)12-20(4,5)11-13/h8-10H,7,11-12,21H2,1-6H3. The molecule has 7 heteroatoms. The van der Waals surface area contributed by atoms with Gasteiger partial charge in [0, 0.05) is 12.4 Å². The van der Waals surface area contributed by atoms with Crippen LogP contribution >= 0.6 is 11.8 Å². The maximum atomic E-state index is 6.61. The second kappa shape index (κ2) is 7.19. The van der Waals surface area contributed by atoms with Crippen molar-refractivity contribution in [2.45, 2.75) is 52.5 Å². The Labute approximate surface area is 165 Å². The van der Waals surface area contributed by atoms with E-state index in [1.54, 1.807) is 28.8 Å². The first-order valence-electron chi connectivity index (χ1n) is 9.26. The second-order valence-corrected chi connectivity index (χ2v) is 9.27. The van der Waals surface area contributed by atoms with Gasteiger partial charge in [-0.05, 0) is 42.4 Å². The molecule has 0 fully saturated rings. The van der Waals surface area contributed by atoms with Crippen LogP contribution in [0.5, 0.6) is 5.88 Å². The van der Waals surface area contributed by atoms with E-state index in [1.165, 1.54) is 5.57 Å². The number of rotatable bonds is 5. The van der Waals surface area contributed by atoms with Gasteiger partial charge in [-0.15, -0.1) is 11.8 Å². The van der Waals surface area contributed by atoms with Crippen LogP contribution in [-0.4, -0.2) is 32.6 Å². The minimum absolute atomic E-state index is 0.115. The van der Waals surface area contributed by atoms with Gasteiger partial charge in [-0.2, -0.15) is 9.78 Å². The van der Waals surface area contributed by atoms with E-state index >= 15 is 0 Å². The van der Waals surface area contributed by atoms with Crippen LogP contribution in [0.15, 0.2) is 23.5 Å². The van der Waals surface area contributed by atoms with Crippen LogP contribution in [0.25, 0.3) is 11.4 Å². The molecule has 6 nitrogen and oxygen atoms in total. The van der Waals surface area contributed by atoms with Crippen molar-refractivity contribution in [3.05, 3.63) is 24.0 Å². The van der Waals surface area contributed by atoms with E-state index in [0.717, 1.165) is 23.4 Å². The third kappa shape index (κ3) is 3.98. The third-order valence-corrected chi connectivity index (χ3v) is 5.37. The van der Waals surface area contributed by atoms with Crippen molar-refractivity contribution >= 4 is 23.2 Å². The summed E-state index contributed by atoms with van der Waals surface area (Å²) in [5.41, 5.74) is 9.20. The number of nitrogen functional groups attached to an aromatic ring is 1. The number of ether oxygens (including phenoxy) is 1. The summed E-state index contributed by atoms with van der Waals surface area (Å²) in [4.78, 5) is 8.71. The molecule has 0 amide bonds. The Hall–Kier alpha value is -2.02. The SMILES string of the molecule is CCOc1nccnc1-n1nc(SC)c(C2=CC(C)(C)CC(C)(C)C2)c1N. The monoisotopic (exact) mass is 387 g/mol. The number of hydrogen-bond acceptors (Lipinski definition) is 6. The molecule has 0 aromatic carbocycles. The van der Waals surface area contributed by atoms with Crippen molar-refractivity contribution in [2.75, 3.05) is 18.6 Å². The van der Waals surface area contributed by atoms with Crippen molar-refractivity contribution in [3.8, 4) is 11.7 Å². The molecule has 2 heterocycles. The molecule has 0 saturated carbocycles. The predicted octanol–water partition coefficient (Wildman–Crippen LogP) is 4.59.